The van der Waals surface area contributed by atoms with Gasteiger partial charge in [-0.1, -0.05) is 23.9 Å². The Morgan fingerprint density at radius 1 is 1.08 bits per heavy atom. The summed E-state index contributed by atoms with van der Waals surface area (Å²) in [5.41, 5.74) is 1.54. The molecule has 2 heterocycles. The second kappa shape index (κ2) is 10.5. The highest BCUT2D eigenvalue weighted by molar-refractivity contribution is 7.98. The van der Waals surface area contributed by atoms with E-state index < -0.39 is 18.2 Å². The van der Waals surface area contributed by atoms with E-state index in [-0.39, 0.29) is 24.2 Å². The van der Waals surface area contributed by atoms with Crippen LogP contribution in [0.2, 0.25) is 0 Å². The topological polar surface area (TPSA) is 75.5 Å². The van der Waals surface area contributed by atoms with E-state index in [0.717, 1.165) is 16.4 Å². The van der Waals surface area contributed by atoms with Crippen molar-refractivity contribution in [3.05, 3.63) is 54.4 Å². The number of hydrogen-bond acceptors (Lipinski definition) is 7. The Morgan fingerprint density at radius 2 is 1.84 bits per heavy atom. The van der Waals surface area contributed by atoms with Crippen molar-refractivity contribution in [3.8, 4) is 11.5 Å². The summed E-state index contributed by atoms with van der Waals surface area (Å²) >= 11 is 1.38. The fourth-order valence-electron chi connectivity index (χ4n) is 3.55. The van der Waals surface area contributed by atoms with Gasteiger partial charge in [-0.2, -0.15) is 13.2 Å². The SMILES string of the molecule is COc1cc2ccnc(CSc3nc4ccccc4n3COC(=O)C(C)(C)C)c2cc1OCC(F)(F)F. The number of benzene rings is 2. The van der Waals surface area contributed by atoms with Crippen molar-refractivity contribution in [2.45, 2.75) is 44.6 Å². The van der Waals surface area contributed by atoms with Gasteiger partial charge in [0, 0.05) is 17.3 Å². The summed E-state index contributed by atoms with van der Waals surface area (Å²) in [7, 11) is 1.37. The number of halogens is 3. The zero-order chi connectivity index (χ0) is 26.8. The quantitative estimate of drug-likeness (QED) is 0.192. The summed E-state index contributed by atoms with van der Waals surface area (Å²) in [5, 5.41) is 1.99. The number of nitrogens with zero attached hydrogens (tertiary/aromatic N) is 3. The predicted octanol–water partition coefficient (Wildman–Crippen LogP) is 6.37. The molecule has 0 N–H and O–H groups in total. The van der Waals surface area contributed by atoms with Gasteiger partial charge in [0.05, 0.1) is 29.3 Å². The van der Waals surface area contributed by atoms with Gasteiger partial charge in [0.15, 0.2) is 30.0 Å². The normalized spacial score (nSPS) is 12.2. The number of fused-ring (bicyclic) bond motifs is 2. The maximum Gasteiger partial charge on any atom is 0.422 e. The minimum atomic E-state index is -4.48. The molecular weight excluding hydrogens is 507 g/mol. The highest BCUT2D eigenvalue weighted by Gasteiger charge is 2.29. The summed E-state index contributed by atoms with van der Waals surface area (Å²) < 4.78 is 55.9. The van der Waals surface area contributed by atoms with Gasteiger partial charge in [-0.25, -0.2) is 4.98 Å². The summed E-state index contributed by atoms with van der Waals surface area (Å²) in [4.78, 5) is 21.5. The Balaban J connectivity index is 1.63. The second-order valence-electron chi connectivity index (χ2n) is 9.30. The largest absolute Gasteiger partial charge is 0.493 e. The summed E-state index contributed by atoms with van der Waals surface area (Å²) in [6.07, 6.45) is -2.86. The predicted molar refractivity (Wildman–Crippen MR) is 135 cm³/mol. The van der Waals surface area contributed by atoms with Crippen LogP contribution in [0.5, 0.6) is 11.5 Å². The lowest BCUT2D eigenvalue weighted by Crippen LogP contribution is -2.24. The zero-order valence-electron chi connectivity index (χ0n) is 20.8. The molecule has 0 fully saturated rings. The Kier molecular flexibility index (Phi) is 7.54. The smallest absolute Gasteiger partial charge is 0.422 e. The Morgan fingerprint density at radius 3 is 2.54 bits per heavy atom. The van der Waals surface area contributed by atoms with Gasteiger partial charge in [0.1, 0.15) is 0 Å². The van der Waals surface area contributed by atoms with Crippen molar-refractivity contribution < 1.29 is 32.2 Å². The molecule has 0 unspecified atom stereocenters. The van der Waals surface area contributed by atoms with Gasteiger partial charge in [0.2, 0.25) is 0 Å². The van der Waals surface area contributed by atoms with Gasteiger partial charge < -0.3 is 14.2 Å². The number of carbonyl (C=O) groups excluding carboxylic acids is 1. The van der Waals surface area contributed by atoms with Crippen molar-refractivity contribution in [1.29, 1.82) is 0 Å². The van der Waals surface area contributed by atoms with Crippen molar-refractivity contribution in [2.75, 3.05) is 13.7 Å². The van der Waals surface area contributed by atoms with Crippen LogP contribution in [0.4, 0.5) is 13.2 Å². The number of thioether (sulfide) groups is 1. The van der Waals surface area contributed by atoms with Crippen molar-refractivity contribution in [3.63, 3.8) is 0 Å². The van der Waals surface area contributed by atoms with Crippen LogP contribution in [0.15, 0.2) is 53.8 Å². The number of imidazole rings is 1. The standard InChI is InChI=1S/C26H26F3N3O4S/c1-25(2,3)23(33)36-15-32-20-8-6-5-7-18(20)31-24(32)37-13-19-17-12-22(35-14-26(27,28)29)21(34-4)11-16(17)9-10-30-19/h5-12H,13-15H2,1-4H3. The molecule has 4 aromatic rings. The lowest BCUT2D eigenvalue weighted by Gasteiger charge is -2.18. The molecule has 0 saturated heterocycles. The van der Waals surface area contributed by atoms with Gasteiger partial charge in [-0.3, -0.25) is 14.3 Å². The number of hydrogen-bond donors (Lipinski definition) is 0. The second-order valence-corrected chi connectivity index (χ2v) is 10.2. The monoisotopic (exact) mass is 533 g/mol. The summed E-state index contributed by atoms with van der Waals surface area (Å²) in [5.74, 6) is 0.202. The number of aromatic nitrogens is 3. The van der Waals surface area contributed by atoms with Crippen molar-refractivity contribution in [1.82, 2.24) is 14.5 Å². The molecule has 7 nitrogen and oxygen atoms in total. The van der Waals surface area contributed by atoms with Gasteiger partial charge in [-0.05, 0) is 56.5 Å². The molecule has 0 spiro atoms. The number of para-hydroxylation sites is 2. The molecule has 4 rings (SSSR count). The van der Waals surface area contributed by atoms with E-state index in [4.69, 9.17) is 14.2 Å². The molecule has 0 bridgehead atoms. The number of pyridine rings is 1. The van der Waals surface area contributed by atoms with E-state index in [2.05, 4.69) is 9.97 Å². The average Bonchev–Trinajstić information content (AvgIpc) is 3.20. The van der Waals surface area contributed by atoms with E-state index in [1.807, 2.05) is 28.8 Å². The maximum atomic E-state index is 12.8. The first-order chi connectivity index (χ1) is 17.5. The molecule has 0 atom stereocenters. The minimum Gasteiger partial charge on any atom is -0.493 e. The molecule has 0 amide bonds. The maximum absolute atomic E-state index is 12.8. The van der Waals surface area contributed by atoms with Crippen LogP contribution in [-0.4, -0.2) is 40.4 Å². The van der Waals surface area contributed by atoms with E-state index in [1.165, 1.54) is 24.9 Å². The van der Waals surface area contributed by atoms with Crippen LogP contribution in [0.3, 0.4) is 0 Å². The third-order valence-corrected chi connectivity index (χ3v) is 6.40. The first-order valence-electron chi connectivity index (χ1n) is 11.4. The molecule has 0 saturated carbocycles. The Labute approximate surface area is 215 Å². The van der Waals surface area contributed by atoms with E-state index in [0.29, 0.717) is 22.0 Å². The first kappa shape index (κ1) is 26.6. The summed E-state index contributed by atoms with van der Waals surface area (Å²) in [6, 6.07) is 12.4. The van der Waals surface area contributed by atoms with Gasteiger partial charge in [-0.15, -0.1) is 0 Å². The highest BCUT2D eigenvalue weighted by Crippen LogP contribution is 2.36. The number of ether oxygens (including phenoxy) is 3. The van der Waals surface area contributed by atoms with Gasteiger partial charge in [0.25, 0.3) is 0 Å². The third-order valence-electron chi connectivity index (χ3n) is 5.42. The molecule has 37 heavy (non-hydrogen) atoms. The number of alkyl halides is 3. The fraction of sp³-hybridized carbons (Fsp3) is 0.346. The minimum absolute atomic E-state index is 0.00541. The molecule has 0 aliphatic rings. The molecule has 2 aromatic carbocycles. The molecular formula is C26H26F3N3O4S. The number of rotatable bonds is 8. The average molecular weight is 534 g/mol. The summed E-state index contributed by atoms with van der Waals surface area (Å²) in [6.45, 7) is 3.91. The van der Waals surface area contributed by atoms with Crippen molar-refractivity contribution in [2.24, 2.45) is 5.41 Å². The van der Waals surface area contributed by atoms with Crippen molar-refractivity contribution >= 4 is 39.5 Å². The van der Waals surface area contributed by atoms with Crippen LogP contribution in [0.25, 0.3) is 21.8 Å². The molecule has 0 aliphatic carbocycles. The van der Waals surface area contributed by atoms with Gasteiger partial charge >= 0.3 is 12.1 Å². The number of methoxy groups -OCH3 is 1. The lowest BCUT2D eigenvalue weighted by atomic mass is 9.98. The van der Waals surface area contributed by atoms with Crippen LogP contribution in [-0.2, 0) is 22.0 Å². The zero-order valence-corrected chi connectivity index (χ0v) is 21.6. The Bertz CT molecular complexity index is 1430. The molecule has 2 aromatic heterocycles. The van der Waals surface area contributed by atoms with E-state index >= 15 is 0 Å². The van der Waals surface area contributed by atoms with E-state index in [1.54, 1.807) is 39.1 Å². The molecule has 0 radical (unpaired) electrons. The van der Waals surface area contributed by atoms with Crippen LogP contribution in [0, 0.1) is 5.41 Å². The van der Waals surface area contributed by atoms with Crippen LogP contribution < -0.4 is 9.47 Å². The highest BCUT2D eigenvalue weighted by atomic mass is 32.2. The Hall–Kier alpha value is -3.47. The third kappa shape index (κ3) is 6.27. The lowest BCUT2D eigenvalue weighted by molar-refractivity contribution is -0.157. The van der Waals surface area contributed by atoms with Crippen LogP contribution >= 0.6 is 11.8 Å². The fourth-order valence-corrected chi connectivity index (χ4v) is 4.51. The molecule has 196 valence electrons. The molecule has 0 aliphatic heterocycles. The van der Waals surface area contributed by atoms with Crippen LogP contribution in [0.1, 0.15) is 26.5 Å². The number of esters is 1. The number of carbonyl (C=O) groups is 1. The molecule has 11 heteroatoms. The first-order valence-corrected chi connectivity index (χ1v) is 12.4. The van der Waals surface area contributed by atoms with E-state index in [9.17, 15) is 18.0 Å².